The van der Waals surface area contributed by atoms with Crippen molar-refractivity contribution in [3.05, 3.63) is 0 Å². The van der Waals surface area contributed by atoms with Gasteiger partial charge in [0.2, 0.25) is 5.91 Å². The van der Waals surface area contributed by atoms with Crippen molar-refractivity contribution in [3.8, 4) is 0 Å². The van der Waals surface area contributed by atoms with E-state index in [9.17, 15) is 4.79 Å². The highest BCUT2D eigenvalue weighted by Gasteiger charge is 2.39. The van der Waals surface area contributed by atoms with E-state index in [1.54, 1.807) is 7.11 Å². The van der Waals surface area contributed by atoms with Crippen molar-refractivity contribution >= 4 is 5.91 Å². The van der Waals surface area contributed by atoms with E-state index >= 15 is 0 Å². The molecule has 0 aromatic heterocycles. The van der Waals surface area contributed by atoms with Crippen LogP contribution in [0.4, 0.5) is 0 Å². The van der Waals surface area contributed by atoms with Crippen LogP contribution in [-0.2, 0) is 9.53 Å². The third-order valence-electron chi connectivity index (χ3n) is 3.88. The number of hydrogen-bond acceptors (Lipinski definition) is 3. The summed E-state index contributed by atoms with van der Waals surface area (Å²) in [5, 5.41) is 3.33. The van der Waals surface area contributed by atoms with Gasteiger partial charge in [-0.3, -0.25) is 4.79 Å². The van der Waals surface area contributed by atoms with Crippen molar-refractivity contribution in [2.24, 2.45) is 5.41 Å². The molecule has 16 heavy (non-hydrogen) atoms. The monoisotopic (exact) mass is 226 g/mol. The number of carbonyl (C=O) groups excluding carboxylic acids is 1. The Hall–Kier alpha value is -0.610. The number of nitrogens with zero attached hydrogens (tertiary/aromatic N) is 1. The smallest absolute Gasteiger partial charge is 0.229 e. The third-order valence-corrected chi connectivity index (χ3v) is 3.88. The van der Waals surface area contributed by atoms with Gasteiger partial charge in [-0.1, -0.05) is 0 Å². The molecule has 4 nitrogen and oxygen atoms in total. The van der Waals surface area contributed by atoms with Gasteiger partial charge in [0.05, 0.1) is 11.5 Å². The first kappa shape index (κ1) is 11.9. The molecule has 2 atom stereocenters. The van der Waals surface area contributed by atoms with Crippen LogP contribution in [0.5, 0.6) is 0 Å². The second-order valence-electron chi connectivity index (χ2n) is 5.24. The topological polar surface area (TPSA) is 41.6 Å². The summed E-state index contributed by atoms with van der Waals surface area (Å²) in [4.78, 5) is 14.4. The summed E-state index contributed by atoms with van der Waals surface area (Å²) in [7, 11) is 1.72. The van der Waals surface area contributed by atoms with Crippen LogP contribution in [0.25, 0.3) is 0 Å². The third kappa shape index (κ3) is 2.23. The molecule has 1 amide bonds. The minimum absolute atomic E-state index is 0.194. The Balaban J connectivity index is 1.96. The molecule has 0 aromatic carbocycles. The van der Waals surface area contributed by atoms with E-state index in [1.807, 2.05) is 4.90 Å². The first-order chi connectivity index (χ1) is 7.65. The summed E-state index contributed by atoms with van der Waals surface area (Å²) in [5.74, 6) is 0.305. The van der Waals surface area contributed by atoms with Gasteiger partial charge in [0.1, 0.15) is 0 Å². The maximum Gasteiger partial charge on any atom is 0.229 e. The van der Waals surface area contributed by atoms with Crippen molar-refractivity contribution in [1.82, 2.24) is 10.2 Å². The zero-order valence-corrected chi connectivity index (χ0v) is 10.3. The molecule has 0 saturated carbocycles. The quantitative estimate of drug-likeness (QED) is 0.750. The Morgan fingerprint density at radius 1 is 1.56 bits per heavy atom. The van der Waals surface area contributed by atoms with Gasteiger partial charge in [-0.25, -0.2) is 0 Å². The lowest BCUT2D eigenvalue weighted by atomic mass is 9.81. The molecule has 2 fully saturated rings. The molecule has 2 aliphatic heterocycles. The number of ether oxygens (including phenoxy) is 1. The minimum Gasteiger partial charge on any atom is -0.380 e. The van der Waals surface area contributed by atoms with Crippen molar-refractivity contribution in [3.63, 3.8) is 0 Å². The molecule has 1 N–H and O–H groups in total. The highest BCUT2D eigenvalue weighted by Crippen LogP contribution is 2.29. The van der Waals surface area contributed by atoms with E-state index in [0.29, 0.717) is 5.91 Å². The number of nitrogens with one attached hydrogen (secondary N) is 1. The number of rotatable bonds is 2. The van der Waals surface area contributed by atoms with Gasteiger partial charge in [0.15, 0.2) is 0 Å². The summed E-state index contributed by atoms with van der Waals surface area (Å²) in [6.07, 6.45) is 3.33. The van der Waals surface area contributed by atoms with Crippen LogP contribution in [0.1, 0.15) is 26.2 Å². The molecule has 2 unspecified atom stereocenters. The standard InChI is InChI=1S/C12H22N2O2/c1-12(5-3-6-13-9-12)11(15)14-7-4-10(8-14)16-2/h10,13H,3-9H2,1-2H3. The van der Waals surface area contributed by atoms with E-state index in [0.717, 1.165) is 45.4 Å². The number of amides is 1. The van der Waals surface area contributed by atoms with Crippen LogP contribution in [0.2, 0.25) is 0 Å². The van der Waals surface area contributed by atoms with Crippen LogP contribution in [0.3, 0.4) is 0 Å². The molecule has 0 aliphatic carbocycles. The number of hydrogen-bond donors (Lipinski definition) is 1. The SMILES string of the molecule is COC1CCN(C(=O)C2(C)CCCNC2)C1. The summed E-state index contributed by atoms with van der Waals surface area (Å²) < 4.78 is 5.30. The molecule has 0 spiro atoms. The fraction of sp³-hybridized carbons (Fsp3) is 0.917. The summed E-state index contributed by atoms with van der Waals surface area (Å²) in [6, 6.07) is 0. The highest BCUT2D eigenvalue weighted by molar-refractivity contribution is 5.83. The highest BCUT2D eigenvalue weighted by atomic mass is 16.5. The van der Waals surface area contributed by atoms with Crippen LogP contribution < -0.4 is 5.32 Å². The predicted molar refractivity (Wildman–Crippen MR) is 62.2 cm³/mol. The summed E-state index contributed by atoms with van der Waals surface area (Å²) >= 11 is 0. The molecule has 0 bridgehead atoms. The molecule has 0 aromatic rings. The Morgan fingerprint density at radius 2 is 2.38 bits per heavy atom. The number of methoxy groups -OCH3 is 1. The second-order valence-corrected chi connectivity index (χ2v) is 5.24. The largest absolute Gasteiger partial charge is 0.380 e. The first-order valence-electron chi connectivity index (χ1n) is 6.18. The zero-order chi connectivity index (χ0) is 11.6. The van der Waals surface area contributed by atoms with Gasteiger partial charge in [-0.05, 0) is 32.7 Å². The molecule has 4 heteroatoms. The summed E-state index contributed by atoms with van der Waals surface area (Å²) in [5.41, 5.74) is -0.194. The van der Waals surface area contributed by atoms with Crippen LogP contribution in [0.15, 0.2) is 0 Å². The van der Waals surface area contributed by atoms with Gasteiger partial charge in [-0.2, -0.15) is 0 Å². The second kappa shape index (κ2) is 4.72. The Labute approximate surface area is 97.3 Å². The average molecular weight is 226 g/mol. The minimum atomic E-state index is -0.194. The lowest BCUT2D eigenvalue weighted by Crippen LogP contribution is -2.49. The van der Waals surface area contributed by atoms with Crippen molar-refractivity contribution in [2.75, 3.05) is 33.3 Å². The Kier molecular flexibility index (Phi) is 3.50. The maximum absolute atomic E-state index is 12.4. The van der Waals surface area contributed by atoms with Crippen molar-refractivity contribution < 1.29 is 9.53 Å². The van der Waals surface area contributed by atoms with Gasteiger partial charge >= 0.3 is 0 Å². The fourth-order valence-electron chi connectivity index (χ4n) is 2.73. The van der Waals surface area contributed by atoms with Crippen LogP contribution in [-0.4, -0.2) is 50.2 Å². The van der Waals surface area contributed by atoms with E-state index in [2.05, 4.69) is 12.2 Å². The zero-order valence-electron chi connectivity index (χ0n) is 10.3. The van der Waals surface area contributed by atoms with E-state index in [-0.39, 0.29) is 11.5 Å². The van der Waals surface area contributed by atoms with E-state index in [4.69, 9.17) is 4.74 Å². The lowest BCUT2D eigenvalue weighted by Gasteiger charge is -2.36. The van der Waals surface area contributed by atoms with Gasteiger partial charge < -0.3 is 15.0 Å². The molecule has 2 heterocycles. The molecule has 2 rings (SSSR count). The average Bonchev–Trinajstić information content (AvgIpc) is 2.77. The van der Waals surface area contributed by atoms with Gasteiger partial charge in [0.25, 0.3) is 0 Å². The normalized spacial score (nSPS) is 35.4. The molecule has 2 saturated heterocycles. The van der Waals surface area contributed by atoms with Crippen molar-refractivity contribution in [1.29, 1.82) is 0 Å². The summed E-state index contributed by atoms with van der Waals surface area (Å²) in [6.45, 7) is 5.57. The molecule has 0 radical (unpaired) electrons. The van der Waals surface area contributed by atoms with Gasteiger partial charge in [0, 0.05) is 26.7 Å². The Bertz CT molecular complexity index is 262. The van der Waals surface area contributed by atoms with Crippen LogP contribution >= 0.6 is 0 Å². The number of piperidine rings is 1. The van der Waals surface area contributed by atoms with Crippen LogP contribution in [0, 0.1) is 5.41 Å². The van der Waals surface area contributed by atoms with E-state index in [1.165, 1.54) is 0 Å². The lowest BCUT2D eigenvalue weighted by molar-refractivity contribution is -0.141. The van der Waals surface area contributed by atoms with Gasteiger partial charge in [-0.15, -0.1) is 0 Å². The fourth-order valence-corrected chi connectivity index (χ4v) is 2.73. The maximum atomic E-state index is 12.4. The van der Waals surface area contributed by atoms with E-state index < -0.39 is 0 Å². The number of carbonyl (C=O) groups is 1. The molecule has 2 aliphatic rings. The van der Waals surface area contributed by atoms with Crippen molar-refractivity contribution in [2.45, 2.75) is 32.3 Å². The Morgan fingerprint density at radius 3 is 2.94 bits per heavy atom. The number of likely N-dealkylation sites (tertiary alicyclic amines) is 1. The molecular formula is C12H22N2O2. The predicted octanol–water partition coefficient (Wildman–Crippen LogP) is 0.623. The molecular weight excluding hydrogens is 204 g/mol. The molecule has 92 valence electrons. The first-order valence-corrected chi connectivity index (χ1v) is 6.18.